The Hall–Kier alpha value is -0.720. The zero-order valence-electron chi connectivity index (χ0n) is 11.0. The van der Waals surface area contributed by atoms with Gasteiger partial charge in [0, 0.05) is 23.2 Å². The quantitative estimate of drug-likeness (QED) is 0.631. The van der Waals surface area contributed by atoms with Gasteiger partial charge in [0.2, 0.25) is 5.91 Å². The number of carbonyl (C=O) groups excluding carboxylic acids is 1. The molecule has 4 nitrogen and oxygen atoms in total. The van der Waals surface area contributed by atoms with Crippen molar-refractivity contribution in [3.8, 4) is 0 Å². The highest BCUT2D eigenvalue weighted by atomic mass is 79.9. The van der Waals surface area contributed by atoms with Crippen LogP contribution in [0.5, 0.6) is 0 Å². The number of nitrogens with one attached hydrogen (secondary N) is 2. The molecule has 19 heavy (non-hydrogen) atoms. The van der Waals surface area contributed by atoms with Gasteiger partial charge in [0.1, 0.15) is 0 Å². The number of halogens is 1. The Bertz CT molecular complexity index is 403. The van der Waals surface area contributed by atoms with E-state index in [2.05, 4.69) is 26.6 Å². The van der Waals surface area contributed by atoms with Crippen molar-refractivity contribution in [2.75, 3.05) is 30.4 Å². The van der Waals surface area contributed by atoms with Gasteiger partial charge in [-0.25, -0.2) is 0 Å². The highest BCUT2D eigenvalue weighted by Crippen LogP contribution is 2.14. The van der Waals surface area contributed by atoms with E-state index in [0.717, 1.165) is 15.9 Å². The zero-order chi connectivity index (χ0) is 14.1. The van der Waals surface area contributed by atoms with Crippen LogP contribution >= 0.6 is 27.7 Å². The third kappa shape index (κ3) is 6.84. The van der Waals surface area contributed by atoms with Crippen LogP contribution < -0.4 is 16.4 Å². The number of benzene rings is 1. The molecule has 106 valence electrons. The molecule has 0 saturated carbocycles. The second-order valence-corrected chi connectivity index (χ2v) is 6.02. The Labute approximate surface area is 127 Å². The van der Waals surface area contributed by atoms with E-state index in [9.17, 15) is 4.79 Å². The molecule has 0 aliphatic heterocycles. The summed E-state index contributed by atoms with van der Waals surface area (Å²) in [4.78, 5) is 11.6. The normalized spacial score (nSPS) is 11.9. The minimum atomic E-state index is -0.404. The van der Waals surface area contributed by atoms with E-state index in [1.807, 2.05) is 30.5 Å². The number of hydrogen-bond donors (Lipinski definition) is 3. The molecule has 1 aromatic carbocycles. The highest BCUT2D eigenvalue weighted by Gasteiger charge is 2.11. The van der Waals surface area contributed by atoms with E-state index in [1.54, 1.807) is 11.8 Å². The van der Waals surface area contributed by atoms with Crippen molar-refractivity contribution in [3.63, 3.8) is 0 Å². The summed E-state index contributed by atoms with van der Waals surface area (Å²) in [5.74, 6) is 0.829. The second-order valence-electron chi connectivity index (χ2n) is 4.12. The molecule has 0 aliphatic rings. The van der Waals surface area contributed by atoms with Crippen LogP contribution in [0.4, 0.5) is 5.69 Å². The van der Waals surface area contributed by atoms with Crippen LogP contribution in [0.15, 0.2) is 28.7 Å². The van der Waals surface area contributed by atoms with E-state index in [4.69, 9.17) is 5.73 Å². The van der Waals surface area contributed by atoms with Gasteiger partial charge in [-0.05, 0) is 36.6 Å². The Morgan fingerprint density at radius 3 is 2.95 bits per heavy atom. The predicted octanol–water partition coefficient (Wildman–Crippen LogP) is 2.06. The van der Waals surface area contributed by atoms with Crippen LogP contribution in [-0.2, 0) is 4.79 Å². The largest absolute Gasteiger partial charge is 0.383 e. The summed E-state index contributed by atoms with van der Waals surface area (Å²) in [7, 11) is 0. The summed E-state index contributed by atoms with van der Waals surface area (Å²) in [5.41, 5.74) is 6.79. The van der Waals surface area contributed by atoms with Crippen LogP contribution in [0.3, 0.4) is 0 Å². The van der Waals surface area contributed by atoms with Crippen molar-refractivity contribution in [1.82, 2.24) is 5.32 Å². The van der Waals surface area contributed by atoms with Gasteiger partial charge in [-0.2, -0.15) is 11.8 Å². The maximum Gasteiger partial charge on any atom is 0.237 e. The number of nitrogens with two attached hydrogens (primary N) is 1. The number of hydrogen-bond acceptors (Lipinski definition) is 4. The predicted molar refractivity (Wildman–Crippen MR) is 86.6 cm³/mol. The monoisotopic (exact) mass is 345 g/mol. The van der Waals surface area contributed by atoms with Gasteiger partial charge < -0.3 is 16.4 Å². The van der Waals surface area contributed by atoms with E-state index in [-0.39, 0.29) is 5.91 Å². The SMILES string of the molecule is CSCCC(N)C(=O)NCCNc1cccc(Br)c1. The molecule has 0 fully saturated rings. The molecule has 4 N–H and O–H groups in total. The molecule has 0 radical (unpaired) electrons. The van der Waals surface area contributed by atoms with Crippen molar-refractivity contribution in [3.05, 3.63) is 28.7 Å². The molecule has 1 atom stereocenters. The molecular formula is C13H20BrN3OS. The van der Waals surface area contributed by atoms with Crippen LogP contribution in [-0.4, -0.2) is 37.0 Å². The Kier molecular flexibility index (Phi) is 7.93. The third-order valence-electron chi connectivity index (χ3n) is 2.55. The van der Waals surface area contributed by atoms with E-state index >= 15 is 0 Å². The summed E-state index contributed by atoms with van der Waals surface area (Å²) in [6, 6.07) is 7.50. The molecule has 6 heteroatoms. The molecule has 0 saturated heterocycles. The molecule has 1 amide bonds. The van der Waals surface area contributed by atoms with E-state index in [0.29, 0.717) is 19.5 Å². The molecule has 0 bridgehead atoms. The van der Waals surface area contributed by atoms with Crippen molar-refractivity contribution in [1.29, 1.82) is 0 Å². The summed E-state index contributed by atoms with van der Waals surface area (Å²) >= 11 is 5.11. The number of anilines is 1. The Balaban J connectivity index is 2.18. The fourth-order valence-electron chi connectivity index (χ4n) is 1.50. The van der Waals surface area contributed by atoms with Crippen molar-refractivity contribution < 1.29 is 4.79 Å². The van der Waals surface area contributed by atoms with Crippen LogP contribution in [0.2, 0.25) is 0 Å². The van der Waals surface area contributed by atoms with Crippen molar-refractivity contribution in [2.45, 2.75) is 12.5 Å². The van der Waals surface area contributed by atoms with Gasteiger partial charge in [-0.1, -0.05) is 22.0 Å². The van der Waals surface area contributed by atoms with Crippen LogP contribution in [0.25, 0.3) is 0 Å². The average Bonchev–Trinajstić information content (AvgIpc) is 2.40. The van der Waals surface area contributed by atoms with Gasteiger partial charge in [0.25, 0.3) is 0 Å². The lowest BCUT2D eigenvalue weighted by atomic mass is 10.2. The molecule has 1 rings (SSSR count). The molecule has 1 unspecified atom stereocenters. The molecule has 0 heterocycles. The lowest BCUT2D eigenvalue weighted by molar-refractivity contribution is -0.122. The van der Waals surface area contributed by atoms with Gasteiger partial charge in [-0.15, -0.1) is 0 Å². The van der Waals surface area contributed by atoms with E-state index in [1.165, 1.54) is 0 Å². The van der Waals surface area contributed by atoms with Crippen molar-refractivity contribution in [2.24, 2.45) is 5.73 Å². The summed E-state index contributed by atoms with van der Waals surface area (Å²) in [6.07, 6.45) is 2.72. The topological polar surface area (TPSA) is 67.2 Å². The van der Waals surface area contributed by atoms with Gasteiger partial charge in [0.15, 0.2) is 0 Å². The fourth-order valence-corrected chi connectivity index (χ4v) is 2.39. The standard InChI is InChI=1S/C13H20BrN3OS/c1-19-8-5-12(15)13(18)17-7-6-16-11-4-2-3-10(14)9-11/h2-4,9,12,16H,5-8,15H2,1H3,(H,17,18). The first-order chi connectivity index (χ1) is 9.13. The van der Waals surface area contributed by atoms with Crippen molar-refractivity contribution >= 4 is 39.3 Å². The highest BCUT2D eigenvalue weighted by molar-refractivity contribution is 9.10. The summed E-state index contributed by atoms with van der Waals surface area (Å²) < 4.78 is 1.03. The fraction of sp³-hybridized carbons (Fsp3) is 0.462. The second kappa shape index (κ2) is 9.23. The van der Waals surface area contributed by atoms with Crippen LogP contribution in [0, 0.1) is 0 Å². The summed E-state index contributed by atoms with van der Waals surface area (Å²) in [5, 5.41) is 6.06. The molecular weight excluding hydrogens is 326 g/mol. The number of thioether (sulfide) groups is 1. The Morgan fingerprint density at radius 1 is 1.47 bits per heavy atom. The molecule has 0 aromatic heterocycles. The first-order valence-electron chi connectivity index (χ1n) is 6.15. The average molecular weight is 346 g/mol. The first kappa shape index (κ1) is 16.3. The minimum absolute atomic E-state index is 0.0786. The minimum Gasteiger partial charge on any atom is -0.383 e. The third-order valence-corrected chi connectivity index (χ3v) is 3.68. The summed E-state index contributed by atoms with van der Waals surface area (Å²) in [6.45, 7) is 1.25. The van der Waals surface area contributed by atoms with Gasteiger partial charge in [0.05, 0.1) is 6.04 Å². The first-order valence-corrected chi connectivity index (χ1v) is 8.34. The molecule has 0 aliphatic carbocycles. The lowest BCUT2D eigenvalue weighted by Gasteiger charge is -2.12. The smallest absolute Gasteiger partial charge is 0.237 e. The van der Waals surface area contributed by atoms with Gasteiger partial charge >= 0.3 is 0 Å². The molecule has 1 aromatic rings. The Morgan fingerprint density at radius 2 is 2.26 bits per heavy atom. The van der Waals surface area contributed by atoms with Gasteiger partial charge in [-0.3, -0.25) is 4.79 Å². The number of amides is 1. The lowest BCUT2D eigenvalue weighted by Crippen LogP contribution is -2.42. The maximum absolute atomic E-state index is 11.6. The number of rotatable bonds is 8. The van der Waals surface area contributed by atoms with E-state index < -0.39 is 6.04 Å². The maximum atomic E-state index is 11.6. The zero-order valence-corrected chi connectivity index (χ0v) is 13.4. The molecule has 0 spiro atoms. The van der Waals surface area contributed by atoms with Crippen LogP contribution in [0.1, 0.15) is 6.42 Å². The number of carbonyl (C=O) groups is 1.